The molecule has 0 bridgehead atoms. The minimum Gasteiger partial charge on any atom is -0.487 e. The van der Waals surface area contributed by atoms with Crippen LogP contribution in [-0.4, -0.2) is 27.0 Å². The summed E-state index contributed by atoms with van der Waals surface area (Å²) in [5.41, 5.74) is -0.796. The smallest absolute Gasteiger partial charge is 0.264 e. The van der Waals surface area contributed by atoms with Crippen molar-refractivity contribution >= 4 is 0 Å². The van der Waals surface area contributed by atoms with E-state index in [1.165, 1.54) is 12.1 Å². The molecular weight excluding hydrogens is 272 g/mol. The monoisotopic (exact) mass is 288 g/mol. The molecule has 0 amide bonds. The van der Waals surface area contributed by atoms with E-state index in [4.69, 9.17) is 9.47 Å². The molecule has 0 spiro atoms. The number of ether oxygens (including phenoxy) is 2. The number of H-pyrrole nitrogens is 1. The van der Waals surface area contributed by atoms with Crippen LogP contribution in [0.25, 0.3) is 0 Å². The Morgan fingerprint density at radius 3 is 2.81 bits per heavy atom. The van der Waals surface area contributed by atoms with Gasteiger partial charge in [0.2, 0.25) is 5.88 Å². The molecule has 1 aromatic heterocycles. The average molecular weight is 288 g/mol. The second-order valence-electron chi connectivity index (χ2n) is 5.28. The molecule has 21 heavy (non-hydrogen) atoms. The Morgan fingerprint density at radius 1 is 1.33 bits per heavy atom. The SMILES string of the molecule is CC1Oc2ccccc2C(Oc2ccc(=O)[nH]n2)C1(C)O. The first-order valence-electron chi connectivity index (χ1n) is 6.69. The standard InChI is InChI=1S/C15H16N2O4/c1-9-15(2,19)14(10-5-3-4-6-11(10)20-9)21-13-8-7-12(18)16-17-13/h3-9,14,19H,1-2H3,(H,16,18). The number of benzene rings is 1. The maximum absolute atomic E-state index is 11.0. The first kappa shape index (κ1) is 13.6. The molecule has 3 unspecified atom stereocenters. The highest BCUT2D eigenvalue weighted by atomic mass is 16.5. The molecule has 3 rings (SSSR count). The predicted molar refractivity (Wildman–Crippen MR) is 75.4 cm³/mol. The number of rotatable bonds is 2. The van der Waals surface area contributed by atoms with Crippen LogP contribution in [0.5, 0.6) is 11.6 Å². The lowest BCUT2D eigenvalue weighted by Gasteiger charge is -2.42. The van der Waals surface area contributed by atoms with Crippen molar-refractivity contribution in [1.29, 1.82) is 0 Å². The van der Waals surface area contributed by atoms with Gasteiger partial charge in [0.15, 0.2) is 6.10 Å². The molecule has 1 aromatic carbocycles. The number of aromatic nitrogens is 2. The fraction of sp³-hybridized carbons (Fsp3) is 0.333. The fourth-order valence-electron chi connectivity index (χ4n) is 2.34. The van der Waals surface area contributed by atoms with Gasteiger partial charge in [-0.05, 0) is 19.9 Å². The highest BCUT2D eigenvalue weighted by Crippen LogP contribution is 2.42. The van der Waals surface area contributed by atoms with Crippen LogP contribution < -0.4 is 15.0 Å². The number of nitrogens with one attached hydrogen (secondary N) is 1. The van der Waals surface area contributed by atoms with E-state index in [1.807, 2.05) is 24.3 Å². The van der Waals surface area contributed by atoms with Gasteiger partial charge in [-0.2, -0.15) is 0 Å². The first-order valence-corrected chi connectivity index (χ1v) is 6.69. The van der Waals surface area contributed by atoms with E-state index in [0.717, 1.165) is 5.56 Å². The van der Waals surface area contributed by atoms with E-state index in [2.05, 4.69) is 10.2 Å². The van der Waals surface area contributed by atoms with Crippen LogP contribution in [0, 0.1) is 0 Å². The fourth-order valence-corrected chi connectivity index (χ4v) is 2.34. The topological polar surface area (TPSA) is 84.4 Å². The summed E-state index contributed by atoms with van der Waals surface area (Å²) in [7, 11) is 0. The van der Waals surface area contributed by atoms with Crippen molar-refractivity contribution in [2.75, 3.05) is 0 Å². The van der Waals surface area contributed by atoms with Crippen molar-refractivity contribution in [2.24, 2.45) is 0 Å². The summed E-state index contributed by atoms with van der Waals surface area (Å²) in [6.07, 6.45) is -1.09. The highest BCUT2D eigenvalue weighted by Gasteiger charge is 2.46. The molecule has 2 aromatic rings. The molecule has 0 saturated heterocycles. The van der Waals surface area contributed by atoms with E-state index in [-0.39, 0.29) is 11.4 Å². The number of hydrogen-bond acceptors (Lipinski definition) is 5. The second-order valence-corrected chi connectivity index (χ2v) is 5.28. The van der Waals surface area contributed by atoms with Gasteiger partial charge >= 0.3 is 0 Å². The Hall–Kier alpha value is -2.34. The molecule has 2 heterocycles. The molecule has 0 aliphatic carbocycles. The van der Waals surface area contributed by atoms with Gasteiger partial charge in [0, 0.05) is 17.7 Å². The number of aliphatic hydroxyl groups is 1. The third-order valence-corrected chi connectivity index (χ3v) is 3.75. The molecule has 3 atom stereocenters. The Labute approximate surface area is 121 Å². The van der Waals surface area contributed by atoms with Crippen molar-refractivity contribution < 1.29 is 14.6 Å². The largest absolute Gasteiger partial charge is 0.487 e. The lowest BCUT2D eigenvalue weighted by Crippen LogP contribution is -2.51. The molecule has 0 saturated carbocycles. The van der Waals surface area contributed by atoms with Crippen molar-refractivity contribution in [3.63, 3.8) is 0 Å². The van der Waals surface area contributed by atoms with Crippen LogP contribution in [0.3, 0.4) is 0 Å². The van der Waals surface area contributed by atoms with Gasteiger partial charge in [-0.15, -0.1) is 5.10 Å². The van der Waals surface area contributed by atoms with Crippen LogP contribution in [0.15, 0.2) is 41.2 Å². The van der Waals surface area contributed by atoms with Gasteiger partial charge in [-0.25, -0.2) is 5.10 Å². The molecule has 6 nitrogen and oxygen atoms in total. The number of fused-ring (bicyclic) bond motifs is 1. The highest BCUT2D eigenvalue weighted by molar-refractivity contribution is 5.40. The van der Waals surface area contributed by atoms with E-state index >= 15 is 0 Å². The summed E-state index contributed by atoms with van der Waals surface area (Å²) in [4.78, 5) is 11.0. The van der Waals surface area contributed by atoms with Crippen molar-refractivity contribution in [1.82, 2.24) is 10.2 Å². The zero-order valence-electron chi connectivity index (χ0n) is 11.7. The predicted octanol–water partition coefficient (Wildman–Crippen LogP) is 1.42. The van der Waals surface area contributed by atoms with Gasteiger partial charge < -0.3 is 14.6 Å². The number of nitrogens with zero attached hydrogens (tertiary/aromatic N) is 1. The van der Waals surface area contributed by atoms with Crippen LogP contribution in [0.2, 0.25) is 0 Å². The third-order valence-electron chi connectivity index (χ3n) is 3.75. The molecule has 0 radical (unpaired) electrons. The second kappa shape index (κ2) is 4.89. The first-order chi connectivity index (χ1) is 9.98. The summed E-state index contributed by atoms with van der Waals surface area (Å²) in [6.45, 7) is 3.44. The molecule has 0 fully saturated rings. The maximum Gasteiger partial charge on any atom is 0.264 e. The van der Waals surface area contributed by atoms with E-state index in [1.54, 1.807) is 13.8 Å². The summed E-state index contributed by atoms with van der Waals surface area (Å²) in [6, 6.07) is 10.2. The van der Waals surface area contributed by atoms with Crippen LogP contribution in [0.4, 0.5) is 0 Å². The Bertz CT molecular complexity index is 690. The molecule has 2 N–H and O–H groups in total. The van der Waals surface area contributed by atoms with E-state index in [9.17, 15) is 9.90 Å². The Morgan fingerprint density at radius 2 is 2.10 bits per heavy atom. The Kier molecular flexibility index (Phi) is 3.17. The average Bonchev–Trinajstić information content (AvgIpc) is 2.46. The van der Waals surface area contributed by atoms with E-state index < -0.39 is 17.8 Å². The van der Waals surface area contributed by atoms with Gasteiger partial charge in [0.1, 0.15) is 17.5 Å². The summed E-state index contributed by atoms with van der Waals surface area (Å²) >= 11 is 0. The minimum atomic E-state index is -1.23. The summed E-state index contributed by atoms with van der Waals surface area (Å²) in [5, 5.41) is 16.8. The van der Waals surface area contributed by atoms with Gasteiger partial charge in [0.05, 0.1) is 0 Å². The van der Waals surface area contributed by atoms with Crippen LogP contribution >= 0.6 is 0 Å². The van der Waals surface area contributed by atoms with Crippen molar-refractivity contribution in [3.05, 3.63) is 52.3 Å². The zero-order chi connectivity index (χ0) is 15.0. The quantitative estimate of drug-likeness (QED) is 0.873. The normalized spacial score (nSPS) is 27.6. The van der Waals surface area contributed by atoms with Crippen molar-refractivity contribution in [3.8, 4) is 11.6 Å². The number of aromatic amines is 1. The maximum atomic E-state index is 11.0. The molecule has 1 aliphatic heterocycles. The van der Waals surface area contributed by atoms with Gasteiger partial charge in [-0.3, -0.25) is 4.79 Å². The molecule has 1 aliphatic rings. The zero-order valence-corrected chi connectivity index (χ0v) is 11.7. The molecule has 110 valence electrons. The van der Waals surface area contributed by atoms with Crippen LogP contribution in [0.1, 0.15) is 25.5 Å². The number of hydrogen-bond donors (Lipinski definition) is 2. The molecular formula is C15H16N2O4. The molecule has 6 heteroatoms. The van der Waals surface area contributed by atoms with E-state index in [0.29, 0.717) is 5.75 Å². The third kappa shape index (κ3) is 2.38. The summed E-state index contributed by atoms with van der Waals surface area (Å²) < 4.78 is 11.5. The Balaban J connectivity index is 2.01. The van der Waals surface area contributed by atoms with Gasteiger partial charge in [-0.1, -0.05) is 18.2 Å². The van der Waals surface area contributed by atoms with Crippen molar-refractivity contribution in [2.45, 2.75) is 31.7 Å². The van der Waals surface area contributed by atoms with Gasteiger partial charge in [0.25, 0.3) is 5.56 Å². The number of para-hydroxylation sites is 1. The van der Waals surface area contributed by atoms with Crippen LogP contribution in [-0.2, 0) is 0 Å². The summed E-state index contributed by atoms with van der Waals surface area (Å²) in [5.74, 6) is 0.912. The lowest BCUT2D eigenvalue weighted by molar-refractivity contribution is -0.128. The minimum absolute atomic E-state index is 0.240. The lowest BCUT2D eigenvalue weighted by atomic mass is 9.85.